The molecule has 0 bridgehead atoms. The van der Waals surface area contributed by atoms with Crippen LogP contribution in [0.1, 0.15) is 46.3 Å². The van der Waals surface area contributed by atoms with Gasteiger partial charge in [0.1, 0.15) is 30.0 Å². The van der Waals surface area contributed by atoms with Crippen LogP contribution in [-0.2, 0) is 12.0 Å². The molecule has 2 N–H and O–H groups in total. The van der Waals surface area contributed by atoms with Crippen LogP contribution in [-0.4, -0.2) is 30.1 Å². The van der Waals surface area contributed by atoms with E-state index in [4.69, 9.17) is 9.15 Å². The molecule has 0 aliphatic carbocycles. The SMILES string of the molecule is CCNC(=NCc1ncc(C(C)(C)C)o1)NCC(C)Oc1ccc(F)cc1. The summed E-state index contributed by atoms with van der Waals surface area (Å²) in [5, 5.41) is 6.41. The van der Waals surface area contributed by atoms with Crippen LogP contribution < -0.4 is 15.4 Å². The first-order valence-electron chi connectivity index (χ1n) is 9.17. The van der Waals surface area contributed by atoms with Gasteiger partial charge in [-0.05, 0) is 38.1 Å². The lowest BCUT2D eigenvalue weighted by Crippen LogP contribution is -2.41. The van der Waals surface area contributed by atoms with Crippen LogP contribution in [0.4, 0.5) is 4.39 Å². The highest BCUT2D eigenvalue weighted by Crippen LogP contribution is 2.22. The highest BCUT2D eigenvalue weighted by atomic mass is 19.1. The summed E-state index contributed by atoms with van der Waals surface area (Å²) in [4.78, 5) is 8.79. The van der Waals surface area contributed by atoms with E-state index in [1.165, 1.54) is 12.1 Å². The Labute approximate surface area is 160 Å². The quantitative estimate of drug-likeness (QED) is 0.570. The van der Waals surface area contributed by atoms with Crippen molar-refractivity contribution in [3.63, 3.8) is 0 Å². The first-order chi connectivity index (χ1) is 12.8. The highest BCUT2D eigenvalue weighted by Gasteiger charge is 2.19. The zero-order chi connectivity index (χ0) is 19.9. The minimum absolute atomic E-state index is 0.0785. The third-order valence-corrected chi connectivity index (χ3v) is 3.72. The van der Waals surface area contributed by atoms with Gasteiger partial charge in [-0.25, -0.2) is 14.4 Å². The van der Waals surface area contributed by atoms with E-state index in [0.717, 1.165) is 12.3 Å². The molecule has 1 heterocycles. The summed E-state index contributed by atoms with van der Waals surface area (Å²) in [5.74, 6) is 2.42. The van der Waals surface area contributed by atoms with Crippen molar-refractivity contribution in [2.75, 3.05) is 13.1 Å². The van der Waals surface area contributed by atoms with Gasteiger partial charge in [-0.1, -0.05) is 20.8 Å². The Balaban J connectivity index is 1.89. The molecule has 6 nitrogen and oxygen atoms in total. The molecule has 0 amide bonds. The number of benzene rings is 1. The molecule has 0 aliphatic rings. The van der Waals surface area contributed by atoms with Gasteiger partial charge in [-0.2, -0.15) is 0 Å². The Morgan fingerprint density at radius 1 is 1.26 bits per heavy atom. The molecule has 0 radical (unpaired) electrons. The van der Waals surface area contributed by atoms with Gasteiger partial charge >= 0.3 is 0 Å². The number of hydrogen-bond acceptors (Lipinski definition) is 4. The van der Waals surface area contributed by atoms with Crippen LogP contribution >= 0.6 is 0 Å². The number of rotatable bonds is 7. The summed E-state index contributed by atoms with van der Waals surface area (Å²) in [7, 11) is 0. The molecule has 1 aromatic carbocycles. The second kappa shape index (κ2) is 9.39. The summed E-state index contributed by atoms with van der Waals surface area (Å²) in [6, 6.07) is 5.98. The number of aliphatic imine (C=N–C) groups is 1. The van der Waals surface area contributed by atoms with E-state index in [-0.39, 0.29) is 17.3 Å². The standard InChI is InChI=1S/C20H29FN4O2/c1-6-22-19(25-13-18-23-12-17(27-18)20(3,4)5)24-11-14(2)26-16-9-7-15(21)8-10-16/h7-10,12,14H,6,11,13H2,1-5H3,(H2,22,24,25). The lowest BCUT2D eigenvalue weighted by Gasteiger charge is -2.17. The maximum atomic E-state index is 12.9. The molecule has 0 fully saturated rings. The normalized spacial score (nSPS) is 13.3. The number of hydrogen-bond donors (Lipinski definition) is 2. The van der Waals surface area contributed by atoms with Crippen LogP contribution in [0.2, 0.25) is 0 Å². The molecule has 2 aromatic rings. The number of nitrogens with one attached hydrogen (secondary N) is 2. The molecular weight excluding hydrogens is 347 g/mol. The summed E-state index contributed by atoms with van der Waals surface area (Å²) in [5.41, 5.74) is -0.0785. The van der Waals surface area contributed by atoms with Gasteiger partial charge in [0.25, 0.3) is 0 Å². The average molecular weight is 376 g/mol. The van der Waals surface area contributed by atoms with Crippen LogP contribution in [0.25, 0.3) is 0 Å². The molecule has 1 unspecified atom stereocenters. The van der Waals surface area contributed by atoms with Gasteiger partial charge in [-0.15, -0.1) is 0 Å². The molecule has 2 rings (SSSR count). The second-order valence-electron chi connectivity index (χ2n) is 7.33. The van der Waals surface area contributed by atoms with Crippen molar-refractivity contribution in [1.29, 1.82) is 0 Å². The Kier molecular flexibility index (Phi) is 7.21. The predicted octanol–water partition coefficient (Wildman–Crippen LogP) is 3.63. The zero-order valence-corrected chi connectivity index (χ0v) is 16.7. The summed E-state index contributed by atoms with van der Waals surface area (Å²) >= 11 is 0. The maximum absolute atomic E-state index is 12.9. The fraction of sp³-hybridized carbons (Fsp3) is 0.500. The van der Waals surface area contributed by atoms with Crippen molar-refractivity contribution in [3.05, 3.63) is 47.9 Å². The van der Waals surface area contributed by atoms with Crippen molar-refractivity contribution >= 4 is 5.96 Å². The Morgan fingerprint density at radius 2 is 1.96 bits per heavy atom. The smallest absolute Gasteiger partial charge is 0.216 e. The number of guanidine groups is 1. The Morgan fingerprint density at radius 3 is 2.56 bits per heavy atom. The van der Waals surface area contributed by atoms with E-state index < -0.39 is 0 Å². The number of nitrogens with zero attached hydrogens (tertiary/aromatic N) is 2. The van der Waals surface area contributed by atoms with Crippen molar-refractivity contribution in [3.8, 4) is 5.75 Å². The summed E-state index contributed by atoms with van der Waals surface area (Å²) in [6.07, 6.45) is 1.64. The molecule has 0 saturated heterocycles. The van der Waals surface area contributed by atoms with Crippen molar-refractivity contribution in [1.82, 2.24) is 15.6 Å². The topological polar surface area (TPSA) is 71.7 Å². The monoisotopic (exact) mass is 376 g/mol. The van der Waals surface area contributed by atoms with Gasteiger partial charge < -0.3 is 19.8 Å². The van der Waals surface area contributed by atoms with E-state index in [0.29, 0.717) is 30.7 Å². The third kappa shape index (κ3) is 6.92. The molecule has 1 atom stereocenters. The van der Waals surface area contributed by atoms with Crippen LogP contribution in [0.5, 0.6) is 5.75 Å². The van der Waals surface area contributed by atoms with Gasteiger partial charge in [0.15, 0.2) is 5.96 Å². The summed E-state index contributed by atoms with van der Waals surface area (Å²) < 4.78 is 24.5. The van der Waals surface area contributed by atoms with Crippen LogP contribution in [0, 0.1) is 5.82 Å². The predicted molar refractivity (Wildman–Crippen MR) is 105 cm³/mol. The zero-order valence-electron chi connectivity index (χ0n) is 16.7. The first-order valence-corrected chi connectivity index (χ1v) is 9.17. The number of aromatic nitrogens is 1. The van der Waals surface area contributed by atoms with E-state index in [1.54, 1.807) is 18.3 Å². The lowest BCUT2D eigenvalue weighted by atomic mass is 9.94. The molecule has 148 valence electrons. The number of halogens is 1. The second-order valence-corrected chi connectivity index (χ2v) is 7.33. The largest absolute Gasteiger partial charge is 0.489 e. The third-order valence-electron chi connectivity index (χ3n) is 3.72. The van der Waals surface area contributed by atoms with Crippen LogP contribution in [0.3, 0.4) is 0 Å². The Bertz CT molecular complexity index is 735. The van der Waals surface area contributed by atoms with E-state index >= 15 is 0 Å². The minimum atomic E-state index is -0.282. The molecule has 0 saturated carbocycles. The van der Waals surface area contributed by atoms with E-state index in [1.807, 2.05) is 13.8 Å². The summed E-state index contributed by atoms with van der Waals surface area (Å²) in [6.45, 7) is 11.8. The molecule has 7 heteroatoms. The lowest BCUT2D eigenvalue weighted by molar-refractivity contribution is 0.223. The van der Waals surface area contributed by atoms with Gasteiger partial charge in [0.2, 0.25) is 5.89 Å². The average Bonchev–Trinajstić information content (AvgIpc) is 3.09. The van der Waals surface area contributed by atoms with Gasteiger partial charge in [0.05, 0.1) is 12.7 Å². The molecule has 0 aliphatic heterocycles. The number of oxazole rings is 1. The van der Waals surface area contributed by atoms with Crippen molar-refractivity contribution < 1.29 is 13.5 Å². The first kappa shape index (κ1) is 20.7. The van der Waals surface area contributed by atoms with E-state index in [9.17, 15) is 4.39 Å². The fourth-order valence-corrected chi connectivity index (χ4v) is 2.25. The molecule has 0 spiro atoms. The Hall–Kier alpha value is -2.57. The highest BCUT2D eigenvalue weighted by molar-refractivity contribution is 5.79. The minimum Gasteiger partial charge on any atom is -0.489 e. The van der Waals surface area contributed by atoms with Crippen molar-refractivity contribution in [2.45, 2.75) is 52.7 Å². The number of ether oxygens (including phenoxy) is 1. The van der Waals surface area contributed by atoms with Crippen LogP contribution in [0.15, 0.2) is 39.9 Å². The van der Waals surface area contributed by atoms with Crippen molar-refractivity contribution in [2.24, 2.45) is 4.99 Å². The fourth-order valence-electron chi connectivity index (χ4n) is 2.25. The molecular formula is C20H29FN4O2. The maximum Gasteiger partial charge on any atom is 0.216 e. The molecule has 1 aromatic heterocycles. The van der Waals surface area contributed by atoms with Gasteiger partial charge in [-0.3, -0.25) is 0 Å². The van der Waals surface area contributed by atoms with Gasteiger partial charge in [0, 0.05) is 12.0 Å². The van der Waals surface area contributed by atoms with E-state index in [2.05, 4.69) is 41.4 Å². The molecule has 27 heavy (non-hydrogen) atoms.